The molecule has 98 heavy (non-hydrogen) atoms. The summed E-state index contributed by atoms with van der Waals surface area (Å²) in [5.41, 5.74) is 21.4. The second-order valence-corrected chi connectivity index (χ2v) is 21.0. The van der Waals surface area contributed by atoms with Crippen molar-refractivity contribution in [2.45, 2.75) is 19.2 Å². The number of benzene rings is 7. The van der Waals surface area contributed by atoms with Crippen molar-refractivity contribution in [3.05, 3.63) is 296 Å². The standard InChI is InChI=1S/2C10H5FN2.2C10H9FN2.2C9H5BrFN.C6H5BrFN.C3H8O3.CN.Cu.H3P.H2P.HP.P/c1-12-9-5-4-8-7(10(9)11)3-2-6-13-8;1-12-10-5-7-3-2-4-13-9(7)6-8(10)11;11-10-7(6-12)3-4-9-8(10)2-1-5-13-9;11-9-5-10-7(2-1-3-13-10)4-8(9)6-12;10-7-3-4-8-6(9(7)11)2-1-5-12-8;10-7-4-6-2-1-3-12-9(6)5-8(7)11;7-5-2-1-4(9)3-6(5)8;4-1-3(6)2-5;1-2;;;;;/h2*2-6H;2*1-5H,6,12H2;2*1-5H;1-3H,9H2;3-6H,1-2H2;;;1H3;1H2;1H;/q;;;;;;;;-1;+1;;-1;-2;-3. The molecule has 0 fully saturated rings. The molecule has 15 nitrogen and oxygen atoms in total. The molecule has 13 rings (SSSR count). The van der Waals surface area contributed by atoms with Crippen LogP contribution in [-0.2, 0) is 30.2 Å². The molecule has 0 radical (unpaired) electrons. The Balaban J connectivity index is 0.00000109. The van der Waals surface area contributed by atoms with Crippen LogP contribution in [0.2, 0.25) is 0 Å². The molecule has 6 aromatic heterocycles. The molecule has 7 aromatic carbocycles. The van der Waals surface area contributed by atoms with Gasteiger partial charge in [-0.2, -0.15) is 9.90 Å². The fourth-order valence-electron chi connectivity index (χ4n) is 7.70. The van der Waals surface area contributed by atoms with Gasteiger partial charge in [-0.05, 0) is 175 Å². The number of halogens is 10. The SMILES string of the molecule is Fc1c(Br)ccc2ncccc12.Fc1cc2ncccc2cc1Br.NCc1cc2cccnc2cc1F.NCc1ccc2ncccc2c1F.Nc1ccc(Br)c(F)c1.OCC(O)CO.P.[C-]#N.[C-]#[N+]c1cc2cccnc2cc1F.[C-]#[N+]c1ccc2ncccc2c1F.[Cu+].[P-3].[PH-2].[PH2-]. The second kappa shape index (κ2) is 47.3. The molecule has 0 aliphatic rings. The van der Waals surface area contributed by atoms with Crippen LogP contribution in [0.25, 0.3) is 75.1 Å². The van der Waals surface area contributed by atoms with E-state index in [0.717, 1.165) is 16.2 Å². The average molecular weight is 1650 g/mol. The van der Waals surface area contributed by atoms with Crippen LogP contribution in [0, 0.1) is 65.7 Å². The first-order valence-electron chi connectivity index (χ1n) is 26.8. The van der Waals surface area contributed by atoms with Gasteiger partial charge in [-0.15, -0.1) is 0 Å². The summed E-state index contributed by atoms with van der Waals surface area (Å²) < 4.78 is 93.3. The molecule has 1 atom stereocenters. The Labute approximate surface area is 609 Å². The Kier molecular flexibility index (Phi) is 43.6. The van der Waals surface area contributed by atoms with Gasteiger partial charge in [0.05, 0.1) is 72.9 Å². The van der Waals surface area contributed by atoms with Gasteiger partial charge in [0.1, 0.15) is 46.8 Å². The minimum absolute atomic E-state index is 0. The molecule has 1 unspecified atom stereocenters. The van der Waals surface area contributed by atoms with Crippen molar-refractivity contribution in [3.8, 4) is 0 Å². The average Bonchev–Trinajstić information content (AvgIpc) is 0.856. The number of hydrogen-bond donors (Lipinski definition) is 6. The Morgan fingerprint density at radius 3 is 1.26 bits per heavy atom. The van der Waals surface area contributed by atoms with Crippen LogP contribution in [0.5, 0.6) is 0 Å². The summed E-state index contributed by atoms with van der Waals surface area (Å²) in [6.07, 6.45) is 8.82. The number of aromatic nitrogens is 6. The molecule has 6 heterocycles. The summed E-state index contributed by atoms with van der Waals surface area (Å²) in [6, 6.07) is 44.6. The van der Waals surface area contributed by atoms with Crippen LogP contribution in [0.3, 0.4) is 0 Å². The molecule has 9 N–H and O–H groups in total. The van der Waals surface area contributed by atoms with Crippen molar-refractivity contribution >= 4 is 170 Å². The number of rotatable bonds is 4. The van der Waals surface area contributed by atoms with Crippen LogP contribution in [-0.4, -0.2) is 64.5 Å². The molecule has 0 bridgehead atoms. The molecule has 0 aliphatic carbocycles. The predicted octanol–water partition coefficient (Wildman–Crippen LogP) is 18.2. The number of nitrogen functional groups attached to an aromatic ring is 1. The minimum Gasteiger partial charge on any atom is -3.00 e. The van der Waals surface area contributed by atoms with Gasteiger partial charge in [-0.1, -0.05) is 30.3 Å². The molecule has 0 aliphatic heterocycles. The minimum atomic E-state index is -0.954. The van der Waals surface area contributed by atoms with Crippen molar-refractivity contribution in [2.75, 3.05) is 18.9 Å². The fraction of sp³-hybridized carbons (Fsp3) is 0.0735. The first-order chi connectivity index (χ1) is 44.8. The van der Waals surface area contributed by atoms with E-state index < -0.39 is 17.7 Å². The fourth-order valence-corrected chi connectivity index (χ4v) is 8.66. The zero-order chi connectivity index (χ0) is 68.0. The smallest absolute Gasteiger partial charge is 1.00 e. The third-order valence-corrected chi connectivity index (χ3v) is 14.2. The molecule has 30 heteroatoms. The molecule has 0 saturated carbocycles. The number of aliphatic hydroxyl groups is 3. The van der Waals surface area contributed by atoms with Gasteiger partial charge in [0.2, 0.25) is 11.4 Å². The van der Waals surface area contributed by atoms with Gasteiger partial charge in [0.15, 0.2) is 0 Å². The van der Waals surface area contributed by atoms with Gasteiger partial charge in [0, 0.05) is 106 Å². The normalized spacial score (nSPS) is 9.51. The molecule has 0 saturated heterocycles. The Hall–Kier alpha value is -7.74. The molecule has 13 aromatic rings. The van der Waals surface area contributed by atoms with E-state index in [-0.39, 0.29) is 123 Å². The topological polar surface area (TPSA) is 249 Å². The maximum Gasteiger partial charge on any atom is 1.00 e. The maximum absolute atomic E-state index is 13.5. The molecule has 0 spiro atoms. The van der Waals surface area contributed by atoms with Gasteiger partial charge >= 0.3 is 17.1 Å². The van der Waals surface area contributed by atoms with Gasteiger partial charge < -0.3 is 74.1 Å². The van der Waals surface area contributed by atoms with Crippen LogP contribution >= 0.6 is 87.4 Å². The number of anilines is 1. The van der Waals surface area contributed by atoms with E-state index in [9.17, 15) is 30.7 Å². The number of nitrogens with zero attached hydrogens (tertiary/aromatic N) is 9. The Bertz CT molecular complexity index is 4680. The number of pyridine rings is 6. The van der Waals surface area contributed by atoms with Crippen molar-refractivity contribution < 1.29 is 63.1 Å². The van der Waals surface area contributed by atoms with Gasteiger partial charge in [-0.25, -0.2) is 40.4 Å². The first kappa shape index (κ1) is 90.3. The van der Waals surface area contributed by atoms with Crippen molar-refractivity contribution in [2.24, 2.45) is 11.5 Å². The zero-order valence-electron chi connectivity index (χ0n) is 50.9. The van der Waals surface area contributed by atoms with E-state index in [1.165, 1.54) is 36.4 Å². The first-order valence-corrected chi connectivity index (χ1v) is 29.2. The summed E-state index contributed by atoms with van der Waals surface area (Å²) in [7, 11) is 0. The van der Waals surface area contributed by atoms with E-state index in [1.54, 1.807) is 140 Å². The van der Waals surface area contributed by atoms with Crippen LogP contribution in [0.4, 0.5) is 47.8 Å². The Morgan fingerprint density at radius 2 is 0.816 bits per heavy atom. The maximum atomic E-state index is 13.5. The molecular formula is C68H57Br3CuF7N12O3P4-6. The van der Waals surface area contributed by atoms with Crippen LogP contribution in [0.1, 0.15) is 11.1 Å². The number of hydrogen-bond acceptors (Lipinski definition) is 13. The quantitative estimate of drug-likeness (QED) is 0.0316. The van der Waals surface area contributed by atoms with E-state index in [1.807, 2.05) is 24.3 Å². The Morgan fingerprint density at radius 1 is 0.439 bits per heavy atom. The molecule has 514 valence electrons. The van der Waals surface area contributed by atoms with E-state index in [2.05, 4.69) is 87.4 Å². The third kappa shape index (κ3) is 26.8. The largest absolute Gasteiger partial charge is 3.00 e. The number of fused-ring (bicyclic) bond motifs is 6. The number of nitrogens with two attached hydrogens (primary N) is 3. The van der Waals surface area contributed by atoms with E-state index in [4.69, 9.17) is 57.5 Å². The van der Waals surface area contributed by atoms with E-state index in [0.29, 0.717) is 79.5 Å². The van der Waals surface area contributed by atoms with Gasteiger partial charge in [-0.3, -0.25) is 29.9 Å². The molecular weight excluding hydrogens is 1590 g/mol. The molecule has 0 amide bonds. The van der Waals surface area contributed by atoms with Crippen LogP contribution in [0.15, 0.2) is 214 Å². The summed E-state index contributed by atoms with van der Waals surface area (Å²) in [5, 5.41) is 34.4. The second-order valence-electron chi connectivity index (χ2n) is 18.4. The van der Waals surface area contributed by atoms with Crippen molar-refractivity contribution in [1.82, 2.24) is 29.9 Å². The predicted molar refractivity (Wildman–Crippen MR) is 394 cm³/mol. The van der Waals surface area contributed by atoms with Crippen LogP contribution < -0.4 is 17.2 Å². The van der Waals surface area contributed by atoms with E-state index >= 15 is 0 Å². The summed E-state index contributed by atoms with van der Waals surface area (Å²) in [5.74, 6) is -2.39. The van der Waals surface area contributed by atoms with Gasteiger partial charge in [0.25, 0.3) is 0 Å². The third-order valence-electron chi connectivity index (χ3n) is 12.3. The summed E-state index contributed by atoms with van der Waals surface area (Å²) in [6.45, 7) is 17.9. The number of aliphatic hydroxyl groups excluding tert-OH is 3. The van der Waals surface area contributed by atoms with Crippen molar-refractivity contribution in [3.63, 3.8) is 0 Å². The monoisotopic (exact) mass is 1650 g/mol. The summed E-state index contributed by atoms with van der Waals surface area (Å²) in [4.78, 5) is 30.2. The zero-order valence-corrected chi connectivity index (χ0v) is 61.0. The van der Waals surface area contributed by atoms with Crippen molar-refractivity contribution in [1.29, 1.82) is 5.26 Å². The summed E-state index contributed by atoms with van der Waals surface area (Å²) >= 11 is 9.23.